The van der Waals surface area contributed by atoms with Crippen LogP contribution in [0, 0.1) is 0 Å². The molecule has 6 nitrogen and oxygen atoms in total. The highest BCUT2D eigenvalue weighted by Crippen LogP contribution is 2.21. The number of rotatable bonds is 4. The number of benzene rings is 1. The van der Waals surface area contributed by atoms with E-state index in [4.69, 9.17) is 5.73 Å². The first kappa shape index (κ1) is 21.7. The van der Waals surface area contributed by atoms with E-state index in [1.54, 1.807) is 5.32 Å². The van der Waals surface area contributed by atoms with Crippen molar-refractivity contribution in [3.8, 4) is 0 Å². The summed E-state index contributed by atoms with van der Waals surface area (Å²) < 4.78 is 62.8. The smallest absolute Gasteiger partial charge is 0.343 e. The van der Waals surface area contributed by atoms with Crippen LogP contribution in [-0.2, 0) is 10.0 Å². The molecule has 3 N–H and O–H groups in total. The maximum Gasteiger partial charge on any atom is 0.405 e. The molecule has 0 saturated carbocycles. The van der Waals surface area contributed by atoms with Crippen LogP contribution in [0.5, 0.6) is 0 Å². The average Bonchev–Trinajstić information content (AvgIpc) is 2.52. The average molecular weight is 402 g/mol. The van der Waals surface area contributed by atoms with Crippen molar-refractivity contribution in [1.82, 2.24) is 9.62 Å². The predicted molar refractivity (Wildman–Crippen MR) is 88.0 cm³/mol. The number of hydrogen-bond donors (Lipinski definition) is 2. The number of nitrogens with zero attached hydrogens (tertiary/aromatic N) is 1. The minimum Gasteiger partial charge on any atom is -0.343 e. The van der Waals surface area contributed by atoms with Crippen molar-refractivity contribution in [2.24, 2.45) is 5.73 Å². The van der Waals surface area contributed by atoms with Gasteiger partial charge in [0.05, 0.1) is 4.90 Å². The molecule has 1 fully saturated rings. The lowest BCUT2D eigenvalue weighted by atomic mass is 10.1. The number of piperidine rings is 1. The molecule has 1 unspecified atom stereocenters. The van der Waals surface area contributed by atoms with Crippen molar-refractivity contribution in [2.75, 3.05) is 19.6 Å². The number of amides is 1. The molecular formula is C14H19ClF3N3O3S. The summed E-state index contributed by atoms with van der Waals surface area (Å²) in [6.07, 6.45) is -3.18. The zero-order valence-electron chi connectivity index (χ0n) is 13.1. The van der Waals surface area contributed by atoms with Gasteiger partial charge in [0.25, 0.3) is 5.91 Å². The number of hydrogen-bond acceptors (Lipinski definition) is 4. The molecule has 0 aliphatic carbocycles. The van der Waals surface area contributed by atoms with Crippen LogP contribution in [0.15, 0.2) is 29.2 Å². The third kappa shape index (κ3) is 5.84. The van der Waals surface area contributed by atoms with Crippen LogP contribution in [0.1, 0.15) is 23.2 Å². The van der Waals surface area contributed by atoms with Gasteiger partial charge in [-0.1, -0.05) is 6.07 Å². The van der Waals surface area contributed by atoms with E-state index in [0.29, 0.717) is 13.0 Å². The number of alkyl halides is 3. The fourth-order valence-electron chi connectivity index (χ4n) is 2.42. The Hall–Kier alpha value is -1.36. The number of nitrogens with one attached hydrogen (secondary N) is 1. The van der Waals surface area contributed by atoms with Crippen LogP contribution >= 0.6 is 12.4 Å². The van der Waals surface area contributed by atoms with Gasteiger partial charge in [-0.25, -0.2) is 8.42 Å². The zero-order chi connectivity index (χ0) is 18.0. The SMILES string of the molecule is Cl.NC1CCCN(S(=O)(=O)c2cccc(C(=O)NCC(F)(F)F)c2)C1. The van der Waals surface area contributed by atoms with Gasteiger partial charge in [-0.15, -0.1) is 12.4 Å². The molecule has 0 bridgehead atoms. The Bertz CT molecular complexity index is 713. The molecule has 1 aliphatic heterocycles. The van der Waals surface area contributed by atoms with Crippen LogP contribution in [0.25, 0.3) is 0 Å². The first-order valence-electron chi connectivity index (χ1n) is 7.30. The van der Waals surface area contributed by atoms with Crippen molar-refractivity contribution in [1.29, 1.82) is 0 Å². The second-order valence-electron chi connectivity index (χ2n) is 5.59. The third-order valence-electron chi connectivity index (χ3n) is 3.60. The normalized spacial score (nSPS) is 19.1. The van der Waals surface area contributed by atoms with Crippen LogP contribution in [-0.4, -0.2) is 50.5 Å². The van der Waals surface area contributed by atoms with Gasteiger partial charge in [0.1, 0.15) is 6.54 Å². The van der Waals surface area contributed by atoms with Gasteiger partial charge in [0, 0.05) is 24.7 Å². The van der Waals surface area contributed by atoms with E-state index in [-0.39, 0.29) is 35.5 Å². The van der Waals surface area contributed by atoms with Crippen molar-refractivity contribution >= 4 is 28.3 Å². The van der Waals surface area contributed by atoms with Gasteiger partial charge in [0.15, 0.2) is 0 Å². The summed E-state index contributed by atoms with van der Waals surface area (Å²) in [5.74, 6) is -0.986. The highest BCUT2D eigenvalue weighted by Gasteiger charge is 2.30. The molecule has 11 heteroatoms. The minimum absolute atomic E-state index is 0. The van der Waals surface area contributed by atoms with Gasteiger partial charge in [-0.05, 0) is 31.0 Å². The predicted octanol–water partition coefficient (Wildman–Crippen LogP) is 1.51. The maximum atomic E-state index is 12.6. The van der Waals surface area contributed by atoms with Crippen molar-refractivity contribution in [3.63, 3.8) is 0 Å². The summed E-state index contributed by atoms with van der Waals surface area (Å²) in [5, 5.41) is 1.71. The minimum atomic E-state index is -4.54. The fourth-order valence-corrected chi connectivity index (χ4v) is 4.00. The summed E-state index contributed by atoms with van der Waals surface area (Å²) in [7, 11) is -3.84. The largest absolute Gasteiger partial charge is 0.405 e. The third-order valence-corrected chi connectivity index (χ3v) is 5.47. The van der Waals surface area contributed by atoms with Gasteiger partial charge < -0.3 is 11.1 Å². The van der Waals surface area contributed by atoms with E-state index in [9.17, 15) is 26.4 Å². The number of halogens is 4. The number of carbonyl (C=O) groups is 1. The van der Waals surface area contributed by atoms with Crippen molar-refractivity contribution < 1.29 is 26.4 Å². The molecule has 1 aliphatic rings. The molecule has 25 heavy (non-hydrogen) atoms. The van der Waals surface area contributed by atoms with E-state index >= 15 is 0 Å². The van der Waals surface area contributed by atoms with E-state index in [1.165, 1.54) is 22.5 Å². The molecule has 1 amide bonds. The molecule has 0 spiro atoms. The molecule has 1 aromatic carbocycles. The lowest BCUT2D eigenvalue weighted by molar-refractivity contribution is -0.123. The summed E-state index contributed by atoms with van der Waals surface area (Å²) in [6, 6.07) is 4.69. The van der Waals surface area contributed by atoms with Gasteiger partial charge in [0.2, 0.25) is 10.0 Å². The molecule has 0 radical (unpaired) electrons. The van der Waals surface area contributed by atoms with Crippen LogP contribution in [0.4, 0.5) is 13.2 Å². The Morgan fingerprint density at radius 1 is 1.36 bits per heavy atom. The summed E-state index contributed by atoms with van der Waals surface area (Å²) >= 11 is 0. The molecule has 1 saturated heterocycles. The van der Waals surface area contributed by atoms with E-state index < -0.39 is 28.7 Å². The standard InChI is InChI=1S/C14H18F3N3O3S.ClH/c15-14(16,17)9-19-13(21)10-3-1-5-12(7-10)24(22,23)20-6-2-4-11(18)8-20;/h1,3,5,7,11H,2,4,6,8-9,18H2,(H,19,21);1H. The van der Waals surface area contributed by atoms with Gasteiger partial charge >= 0.3 is 6.18 Å². The number of carbonyl (C=O) groups excluding carboxylic acids is 1. The first-order valence-corrected chi connectivity index (χ1v) is 8.74. The lowest BCUT2D eigenvalue weighted by Gasteiger charge is -2.29. The quantitative estimate of drug-likeness (QED) is 0.800. The Morgan fingerprint density at radius 3 is 2.64 bits per heavy atom. The van der Waals surface area contributed by atoms with Gasteiger partial charge in [-0.2, -0.15) is 17.5 Å². The Kier molecular flexibility index (Phi) is 7.24. The first-order chi connectivity index (χ1) is 11.1. The molecule has 1 heterocycles. The van der Waals surface area contributed by atoms with Gasteiger partial charge in [-0.3, -0.25) is 4.79 Å². The van der Waals surface area contributed by atoms with Crippen molar-refractivity contribution in [3.05, 3.63) is 29.8 Å². The van der Waals surface area contributed by atoms with E-state index in [1.807, 2.05) is 0 Å². The summed E-state index contributed by atoms with van der Waals surface area (Å²) in [5.41, 5.74) is 5.63. The lowest BCUT2D eigenvalue weighted by Crippen LogP contribution is -2.45. The molecule has 0 aromatic heterocycles. The second kappa shape index (κ2) is 8.35. The Balaban J connectivity index is 0.00000312. The number of sulfonamides is 1. The van der Waals surface area contributed by atoms with Crippen LogP contribution < -0.4 is 11.1 Å². The highest BCUT2D eigenvalue weighted by molar-refractivity contribution is 7.89. The zero-order valence-corrected chi connectivity index (χ0v) is 14.8. The van der Waals surface area contributed by atoms with E-state index in [0.717, 1.165) is 12.5 Å². The van der Waals surface area contributed by atoms with Crippen LogP contribution in [0.3, 0.4) is 0 Å². The monoisotopic (exact) mass is 401 g/mol. The van der Waals surface area contributed by atoms with Crippen LogP contribution in [0.2, 0.25) is 0 Å². The Labute approximate surface area is 150 Å². The molecule has 1 aromatic rings. The second-order valence-corrected chi connectivity index (χ2v) is 7.53. The van der Waals surface area contributed by atoms with E-state index in [2.05, 4.69) is 0 Å². The Morgan fingerprint density at radius 2 is 2.04 bits per heavy atom. The fraction of sp³-hybridized carbons (Fsp3) is 0.500. The topological polar surface area (TPSA) is 92.5 Å². The molecular weight excluding hydrogens is 383 g/mol. The highest BCUT2D eigenvalue weighted by atomic mass is 35.5. The molecule has 142 valence electrons. The summed E-state index contributed by atoms with van der Waals surface area (Å²) in [4.78, 5) is 11.6. The van der Waals surface area contributed by atoms with Crippen molar-refractivity contribution in [2.45, 2.75) is 30.0 Å². The maximum absolute atomic E-state index is 12.6. The summed E-state index contributed by atoms with van der Waals surface area (Å²) in [6.45, 7) is -0.989. The molecule has 2 rings (SSSR count). The molecule has 1 atom stereocenters. The number of nitrogens with two attached hydrogens (primary N) is 1.